The molecule has 1 aliphatic heterocycles. The van der Waals surface area contributed by atoms with Crippen molar-refractivity contribution in [1.82, 2.24) is 4.90 Å². The van der Waals surface area contributed by atoms with Gasteiger partial charge in [0.1, 0.15) is 11.9 Å². The van der Waals surface area contributed by atoms with Gasteiger partial charge in [-0.2, -0.15) is 0 Å². The fourth-order valence-electron chi connectivity index (χ4n) is 2.31. The minimum Gasteiger partial charge on any atom is -0.481 e. The monoisotopic (exact) mass is 314 g/mol. The SMILES string of the molecule is NC(=O)[C@H](CCC(=O)O)N1Cc2c(ccc(F)c2Cl)C1=O. The molecule has 0 saturated heterocycles. The van der Waals surface area contributed by atoms with Crippen LogP contribution in [0.5, 0.6) is 0 Å². The van der Waals surface area contributed by atoms with Gasteiger partial charge in [0.05, 0.1) is 5.02 Å². The molecule has 1 aliphatic rings. The lowest BCUT2D eigenvalue weighted by Crippen LogP contribution is -2.45. The standard InChI is InChI=1S/C13H12ClFN2O4/c14-11-7-5-17(9(12(16)20)3-4-10(18)19)13(21)6(7)1-2-8(11)15/h1-2,9H,3-5H2,(H2,16,20)(H,18,19)/t9-/m0/s1. The number of nitrogens with two attached hydrogens (primary N) is 1. The third-order valence-electron chi connectivity index (χ3n) is 3.35. The molecule has 0 bridgehead atoms. The molecule has 0 saturated carbocycles. The normalized spacial score (nSPS) is 15.0. The molecule has 112 valence electrons. The smallest absolute Gasteiger partial charge is 0.303 e. The second-order valence-electron chi connectivity index (χ2n) is 4.67. The number of nitrogens with zero attached hydrogens (tertiary/aromatic N) is 1. The van der Waals surface area contributed by atoms with E-state index in [4.69, 9.17) is 22.4 Å². The summed E-state index contributed by atoms with van der Waals surface area (Å²) in [5, 5.41) is 8.50. The van der Waals surface area contributed by atoms with E-state index in [0.717, 1.165) is 11.0 Å². The maximum atomic E-state index is 13.4. The van der Waals surface area contributed by atoms with E-state index in [1.807, 2.05) is 0 Å². The molecule has 3 N–H and O–H groups in total. The number of carbonyl (C=O) groups is 3. The third kappa shape index (κ3) is 2.82. The first-order valence-corrected chi connectivity index (χ1v) is 6.49. The topological polar surface area (TPSA) is 101 Å². The van der Waals surface area contributed by atoms with Crippen LogP contribution >= 0.6 is 11.6 Å². The van der Waals surface area contributed by atoms with E-state index >= 15 is 0 Å². The summed E-state index contributed by atoms with van der Waals surface area (Å²) < 4.78 is 13.4. The van der Waals surface area contributed by atoms with Crippen LogP contribution in [0.3, 0.4) is 0 Å². The number of fused-ring (bicyclic) bond motifs is 1. The molecule has 8 heteroatoms. The number of carboxylic acids is 1. The molecule has 0 spiro atoms. The lowest BCUT2D eigenvalue weighted by molar-refractivity contribution is -0.137. The Morgan fingerprint density at radius 1 is 1.48 bits per heavy atom. The summed E-state index contributed by atoms with van der Waals surface area (Å²) in [5.41, 5.74) is 5.71. The molecule has 21 heavy (non-hydrogen) atoms. The summed E-state index contributed by atoms with van der Waals surface area (Å²) in [6, 6.07) is 1.29. The van der Waals surface area contributed by atoms with Crippen LogP contribution in [0.2, 0.25) is 5.02 Å². The first-order chi connectivity index (χ1) is 9.82. The summed E-state index contributed by atoms with van der Waals surface area (Å²) in [5.74, 6) is -3.09. The van der Waals surface area contributed by atoms with Gasteiger partial charge in [0.15, 0.2) is 0 Å². The Labute approximate surface area is 124 Å². The number of hydrogen-bond acceptors (Lipinski definition) is 3. The van der Waals surface area contributed by atoms with Crippen LogP contribution in [-0.2, 0) is 16.1 Å². The van der Waals surface area contributed by atoms with E-state index < -0.39 is 29.6 Å². The third-order valence-corrected chi connectivity index (χ3v) is 3.76. The molecule has 1 aromatic carbocycles. The molecule has 2 amide bonds. The fourth-order valence-corrected chi connectivity index (χ4v) is 2.53. The van der Waals surface area contributed by atoms with Crippen molar-refractivity contribution >= 4 is 29.4 Å². The lowest BCUT2D eigenvalue weighted by atomic mass is 10.1. The summed E-state index contributed by atoms with van der Waals surface area (Å²) in [4.78, 5) is 35.5. The largest absolute Gasteiger partial charge is 0.481 e. The zero-order valence-electron chi connectivity index (χ0n) is 10.8. The number of primary amides is 1. The molecular weight excluding hydrogens is 303 g/mol. The molecule has 0 unspecified atom stereocenters. The Hall–Kier alpha value is -2.15. The predicted octanol–water partition coefficient (Wildman–Crippen LogP) is 1.15. The minimum absolute atomic E-state index is 0.0714. The number of carbonyl (C=O) groups excluding carboxylic acids is 2. The van der Waals surface area contributed by atoms with E-state index in [-0.39, 0.29) is 35.5 Å². The highest BCUT2D eigenvalue weighted by Crippen LogP contribution is 2.32. The van der Waals surface area contributed by atoms with Crippen molar-refractivity contribution in [2.75, 3.05) is 0 Å². The van der Waals surface area contributed by atoms with Crippen molar-refractivity contribution < 1.29 is 23.9 Å². The number of rotatable bonds is 5. The summed E-state index contributed by atoms with van der Waals surface area (Å²) in [6.45, 7) is -0.0714. The van der Waals surface area contributed by atoms with Crippen LogP contribution in [-0.4, -0.2) is 33.8 Å². The van der Waals surface area contributed by atoms with Crippen LogP contribution in [0.15, 0.2) is 12.1 Å². The Morgan fingerprint density at radius 3 is 2.71 bits per heavy atom. The Bertz CT molecular complexity index is 635. The fraction of sp³-hybridized carbons (Fsp3) is 0.308. The molecule has 1 atom stereocenters. The first-order valence-electron chi connectivity index (χ1n) is 6.12. The number of carboxylic acid groups (broad SMARTS) is 1. The molecule has 0 radical (unpaired) electrons. The van der Waals surface area contributed by atoms with E-state index in [2.05, 4.69) is 0 Å². The van der Waals surface area contributed by atoms with Gasteiger partial charge in [-0.3, -0.25) is 14.4 Å². The molecule has 0 aliphatic carbocycles. The quantitative estimate of drug-likeness (QED) is 0.851. The summed E-state index contributed by atoms with van der Waals surface area (Å²) >= 11 is 5.82. The predicted molar refractivity (Wildman–Crippen MR) is 71.1 cm³/mol. The number of halogens is 2. The van der Waals surface area contributed by atoms with E-state index in [1.54, 1.807) is 0 Å². The second kappa shape index (κ2) is 5.69. The van der Waals surface area contributed by atoms with Gasteiger partial charge in [-0.05, 0) is 18.6 Å². The summed E-state index contributed by atoms with van der Waals surface area (Å²) in [6.07, 6.45) is -0.416. The van der Waals surface area contributed by atoms with Gasteiger partial charge in [-0.25, -0.2) is 4.39 Å². The zero-order chi connectivity index (χ0) is 15.7. The van der Waals surface area contributed by atoms with Crippen LogP contribution in [0.25, 0.3) is 0 Å². The molecule has 2 rings (SSSR count). The van der Waals surface area contributed by atoms with Gasteiger partial charge in [0.2, 0.25) is 5.91 Å². The maximum absolute atomic E-state index is 13.4. The maximum Gasteiger partial charge on any atom is 0.303 e. The molecule has 1 aromatic rings. The van der Waals surface area contributed by atoms with E-state index in [9.17, 15) is 18.8 Å². The van der Waals surface area contributed by atoms with Gasteiger partial charge < -0.3 is 15.7 Å². The van der Waals surface area contributed by atoms with Crippen LogP contribution in [0.4, 0.5) is 4.39 Å². The summed E-state index contributed by atoms with van der Waals surface area (Å²) in [7, 11) is 0. The zero-order valence-corrected chi connectivity index (χ0v) is 11.6. The van der Waals surface area contributed by atoms with Crippen LogP contribution < -0.4 is 5.73 Å². The highest BCUT2D eigenvalue weighted by molar-refractivity contribution is 6.32. The molecule has 6 nitrogen and oxygen atoms in total. The Kier molecular flexibility index (Phi) is 4.13. The van der Waals surface area contributed by atoms with Crippen molar-refractivity contribution in [3.63, 3.8) is 0 Å². The average Bonchev–Trinajstić information content (AvgIpc) is 2.72. The van der Waals surface area contributed by atoms with Crippen molar-refractivity contribution in [2.24, 2.45) is 5.73 Å². The Balaban J connectivity index is 2.30. The van der Waals surface area contributed by atoms with Gasteiger partial charge in [-0.15, -0.1) is 0 Å². The van der Waals surface area contributed by atoms with Gasteiger partial charge >= 0.3 is 5.97 Å². The second-order valence-corrected chi connectivity index (χ2v) is 5.05. The average molecular weight is 315 g/mol. The molecule has 0 aromatic heterocycles. The van der Waals surface area contributed by atoms with E-state index in [0.29, 0.717) is 0 Å². The highest BCUT2D eigenvalue weighted by Gasteiger charge is 2.37. The van der Waals surface area contributed by atoms with E-state index in [1.165, 1.54) is 6.07 Å². The minimum atomic E-state index is -1.10. The lowest BCUT2D eigenvalue weighted by Gasteiger charge is -2.24. The molecule has 1 heterocycles. The number of amides is 2. The number of benzene rings is 1. The van der Waals surface area contributed by atoms with Crippen molar-refractivity contribution in [3.8, 4) is 0 Å². The van der Waals surface area contributed by atoms with Crippen molar-refractivity contribution in [2.45, 2.75) is 25.4 Å². The Morgan fingerprint density at radius 2 is 2.14 bits per heavy atom. The van der Waals surface area contributed by atoms with Crippen molar-refractivity contribution in [3.05, 3.63) is 34.1 Å². The van der Waals surface area contributed by atoms with Crippen LogP contribution in [0, 0.1) is 5.82 Å². The van der Waals surface area contributed by atoms with Crippen LogP contribution in [0.1, 0.15) is 28.8 Å². The van der Waals surface area contributed by atoms with Crippen molar-refractivity contribution in [1.29, 1.82) is 0 Å². The first kappa shape index (κ1) is 15.2. The number of hydrogen-bond donors (Lipinski definition) is 2. The number of aliphatic carboxylic acids is 1. The van der Waals surface area contributed by atoms with Gasteiger partial charge in [-0.1, -0.05) is 11.6 Å². The molecule has 0 fully saturated rings. The van der Waals surface area contributed by atoms with Gasteiger partial charge in [0.25, 0.3) is 5.91 Å². The molecular formula is C13H12ClFN2O4. The highest BCUT2D eigenvalue weighted by atomic mass is 35.5. The van der Waals surface area contributed by atoms with Gasteiger partial charge in [0, 0.05) is 24.1 Å².